The van der Waals surface area contributed by atoms with E-state index in [4.69, 9.17) is 0 Å². The zero-order chi connectivity index (χ0) is 13.8. The highest BCUT2D eigenvalue weighted by Gasteiger charge is 2.18. The van der Waals surface area contributed by atoms with Crippen molar-refractivity contribution in [2.45, 2.75) is 6.42 Å². The first-order valence-electron chi connectivity index (χ1n) is 6.40. The second-order valence-corrected chi connectivity index (χ2v) is 4.82. The molecule has 7 nitrogen and oxygen atoms in total. The SMILES string of the molecule is COC(=O)c1[nH]c(=O)[nH]c1CCN1CCN(C)CC1. The number of carbonyl (C=O) groups is 1. The van der Waals surface area contributed by atoms with Gasteiger partial charge in [0, 0.05) is 39.1 Å². The molecule has 0 saturated carbocycles. The second-order valence-electron chi connectivity index (χ2n) is 4.82. The van der Waals surface area contributed by atoms with Gasteiger partial charge in [-0.1, -0.05) is 0 Å². The van der Waals surface area contributed by atoms with E-state index in [1.807, 2.05) is 0 Å². The van der Waals surface area contributed by atoms with Crippen LogP contribution in [-0.2, 0) is 11.2 Å². The van der Waals surface area contributed by atoms with Gasteiger partial charge in [-0.05, 0) is 7.05 Å². The molecule has 1 aromatic heterocycles. The molecule has 106 valence electrons. The van der Waals surface area contributed by atoms with E-state index in [0.29, 0.717) is 12.1 Å². The molecule has 19 heavy (non-hydrogen) atoms. The molecule has 1 saturated heterocycles. The number of carbonyl (C=O) groups excluding carboxylic acids is 1. The highest BCUT2D eigenvalue weighted by atomic mass is 16.5. The average Bonchev–Trinajstić information content (AvgIpc) is 2.78. The van der Waals surface area contributed by atoms with Crippen LogP contribution in [0.2, 0.25) is 0 Å². The first kappa shape index (κ1) is 13.8. The number of methoxy groups -OCH3 is 1. The van der Waals surface area contributed by atoms with Crippen LogP contribution in [0, 0.1) is 0 Å². The molecule has 1 fully saturated rings. The summed E-state index contributed by atoms with van der Waals surface area (Å²) in [4.78, 5) is 32.5. The van der Waals surface area contributed by atoms with Gasteiger partial charge in [0.15, 0.2) is 0 Å². The van der Waals surface area contributed by atoms with Crippen LogP contribution >= 0.6 is 0 Å². The quantitative estimate of drug-likeness (QED) is 0.704. The van der Waals surface area contributed by atoms with E-state index in [0.717, 1.165) is 32.7 Å². The summed E-state index contributed by atoms with van der Waals surface area (Å²) < 4.78 is 4.65. The lowest BCUT2D eigenvalue weighted by Gasteiger charge is -2.32. The van der Waals surface area contributed by atoms with Crippen LogP contribution in [-0.4, -0.2) is 72.6 Å². The molecule has 0 aromatic carbocycles. The van der Waals surface area contributed by atoms with Crippen molar-refractivity contribution in [1.29, 1.82) is 0 Å². The summed E-state index contributed by atoms with van der Waals surface area (Å²) in [5, 5.41) is 0. The van der Waals surface area contributed by atoms with Crippen LogP contribution in [0.25, 0.3) is 0 Å². The fourth-order valence-corrected chi connectivity index (χ4v) is 2.22. The van der Waals surface area contributed by atoms with Crippen molar-refractivity contribution >= 4 is 5.97 Å². The van der Waals surface area contributed by atoms with Crippen molar-refractivity contribution in [3.05, 3.63) is 21.9 Å². The van der Waals surface area contributed by atoms with Crippen LogP contribution in [0.5, 0.6) is 0 Å². The fraction of sp³-hybridized carbons (Fsp3) is 0.667. The van der Waals surface area contributed by atoms with Crippen LogP contribution in [0.1, 0.15) is 16.2 Å². The standard InChI is InChI=1S/C12H20N4O3/c1-15-5-7-16(8-6-15)4-3-9-10(11(17)19-2)14-12(18)13-9/h3-8H2,1-2H3,(H2,13,14,18). The summed E-state index contributed by atoms with van der Waals surface area (Å²) in [5.74, 6) is -0.508. The van der Waals surface area contributed by atoms with Gasteiger partial charge >= 0.3 is 11.7 Å². The molecule has 0 aliphatic carbocycles. The number of hydrogen-bond acceptors (Lipinski definition) is 5. The molecule has 0 atom stereocenters. The summed E-state index contributed by atoms with van der Waals surface area (Å²) in [6.07, 6.45) is 0.632. The predicted octanol–water partition coefficient (Wildman–Crippen LogP) is -0.720. The lowest BCUT2D eigenvalue weighted by atomic mass is 10.2. The van der Waals surface area contributed by atoms with E-state index in [9.17, 15) is 9.59 Å². The van der Waals surface area contributed by atoms with Gasteiger partial charge in [-0.3, -0.25) is 4.98 Å². The van der Waals surface area contributed by atoms with Crippen LogP contribution in [0.4, 0.5) is 0 Å². The molecule has 0 bridgehead atoms. The third kappa shape index (κ3) is 3.45. The summed E-state index contributed by atoms with van der Waals surface area (Å²) in [6.45, 7) is 4.95. The molecule has 0 radical (unpaired) electrons. The lowest BCUT2D eigenvalue weighted by molar-refractivity contribution is 0.0593. The highest BCUT2D eigenvalue weighted by Crippen LogP contribution is 2.06. The number of nitrogens with zero attached hydrogens (tertiary/aromatic N) is 2. The Morgan fingerprint density at radius 3 is 2.58 bits per heavy atom. The average molecular weight is 268 g/mol. The largest absolute Gasteiger partial charge is 0.464 e. The maximum absolute atomic E-state index is 11.5. The van der Waals surface area contributed by atoms with Gasteiger partial charge in [0.25, 0.3) is 0 Å². The molecule has 1 aliphatic rings. The van der Waals surface area contributed by atoms with E-state index < -0.39 is 5.97 Å². The zero-order valence-electron chi connectivity index (χ0n) is 11.4. The molecule has 0 amide bonds. The van der Waals surface area contributed by atoms with Crippen molar-refractivity contribution in [3.63, 3.8) is 0 Å². The lowest BCUT2D eigenvalue weighted by Crippen LogP contribution is -2.45. The van der Waals surface area contributed by atoms with Crippen molar-refractivity contribution in [2.75, 3.05) is 46.9 Å². The van der Waals surface area contributed by atoms with E-state index >= 15 is 0 Å². The minimum Gasteiger partial charge on any atom is -0.464 e. The molecular formula is C12H20N4O3. The molecule has 7 heteroatoms. The molecule has 1 aliphatic heterocycles. The molecule has 2 N–H and O–H groups in total. The summed E-state index contributed by atoms with van der Waals surface area (Å²) >= 11 is 0. The van der Waals surface area contributed by atoms with E-state index in [2.05, 4.69) is 31.6 Å². The number of hydrogen-bond donors (Lipinski definition) is 2. The summed E-state index contributed by atoms with van der Waals surface area (Å²) in [6, 6.07) is 0. The highest BCUT2D eigenvalue weighted by molar-refractivity contribution is 5.88. The number of aromatic amines is 2. The first-order valence-corrected chi connectivity index (χ1v) is 6.40. The Morgan fingerprint density at radius 2 is 1.95 bits per heavy atom. The molecule has 1 aromatic rings. The van der Waals surface area contributed by atoms with Gasteiger partial charge < -0.3 is 19.5 Å². The number of rotatable bonds is 4. The number of likely N-dealkylation sites (N-methyl/N-ethyl adjacent to an activating group) is 1. The van der Waals surface area contributed by atoms with Gasteiger partial charge in [0.1, 0.15) is 5.69 Å². The summed E-state index contributed by atoms with van der Waals surface area (Å²) in [7, 11) is 3.41. The van der Waals surface area contributed by atoms with Gasteiger partial charge in [-0.2, -0.15) is 0 Å². The minimum atomic E-state index is -0.508. The Hall–Kier alpha value is -1.60. The number of imidazole rings is 1. The van der Waals surface area contributed by atoms with Crippen molar-refractivity contribution in [1.82, 2.24) is 19.8 Å². The van der Waals surface area contributed by atoms with E-state index in [1.54, 1.807) is 0 Å². The van der Waals surface area contributed by atoms with E-state index in [-0.39, 0.29) is 11.4 Å². The van der Waals surface area contributed by atoms with Crippen LogP contribution in [0.15, 0.2) is 4.79 Å². The molecule has 2 heterocycles. The van der Waals surface area contributed by atoms with Crippen molar-refractivity contribution in [2.24, 2.45) is 0 Å². The maximum atomic E-state index is 11.5. The number of ether oxygens (including phenoxy) is 1. The summed E-state index contributed by atoms with van der Waals surface area (Å²) in [5.41, 5.74) is 0.492. The molecule has 0 unspecified atom stereocenters. The van der Waals surface area contributed by atoms with Gasteiger partial charge in [-0.25, -0.2) is 9.59 Å². The Balaban J connectivity index is 1.96. The fourth-order valence-electron chi connectivity index (χ4n) is 2.22. The zero-order valence-corrected chi connectivity index (χ0v) is 11.4. The van der Waals surface area contributed by atoms with Gasteiger partial charge in [0.2, 0.25) is 0 Å². The topological polar surface area (TPSA) is 81.4 Å². The van der Waals surface area contributed by atoms with Gasteiger partial charge in [0.05, 0.1) is 12.8 Å². The predicted molar refractivity (Wildman–Crippen MR) is 70.4 cm³/mol. The molecule has 2 rings (SSSR count). The Bertz CT molecular complexity index is 485. The Kier molecular flexibility index (Phi) is 4.39. The normalized spacial score (nSPS) is 17.6. The number of aromatic nitrogens is 2. The van der Waals surface area contributed by atoms with Gasteiger partial charge in [-0.15, -0.1) is 0 Å². The Labute approximate surface area is 111 Å². The molecule has 0 spiro atoms. The number of nitrogens with one attached hydrogen (secondary N) is 2. The third-order valence-electron chi connectivity index (χ3n) is 3.47. The maximum Gasteiger partial charge on any atom is 0.356 e. The number of H-pyrrole nitrogens is 2. The third-order valence-corrected chi connectivity index (χ3v) is 3.47. The van der Waals surface area contributed by atoms with E-state index in [1.165, 1.54) is 7.11 Å². The molecular weight excluding hydrogens is 248 g/mol. The van der Waals surface area contributed by atoms with Crippen LogP contribution < -0.4 is 5.69 Å². The minimum absolute atomic E-state index is 0.238. The number of piperazine rings is 1. The second kappa shape index (κ2) is 6.03. The van der Waals surface area contributed by atoms with Crippen molar-refractivity contribution < 1.29 is 9.53 Å². The monoisotopic (exact) mass is 268 g/mol. The Morgan fingerprint density at radius 1 is 1.26 bits per heavy atom. The smallest absolute Gasteiger partial charge is 0.356 e. The van der Waals surface area contributed by atoms with Crippen LogP contribution in [0.3, 0.4) is 0 Å². The van der Waals surface area contributed by atoms with Crippen molar-refractivity contribution in [3.8, 4) is 0 Å². The number of esters is 1. The first-order chi connectivity index (χ1) is 9.10.